The smallest absolute Gasteiger partial charge is 0.123 e. The fourth-order valence-electron chi connectivity index (χ4n) is 2.16. The molecule has 1 aliphatic rings. The molecule has 1 heterocycles. The molecular formula is C15H25NO. The number of ether oxygens (including phenoxy) is 1. The summed E-state index contributed by atoms with van der Waals surface area (Å²) in [6.45, 7) is 9.60. The highest BCUT2D eigenvalue weighted by atomic mass is 16.5. The second-order valence-electron chi connectivity index (χ2n) is 4.30. The minimum atomic E-state index is 1.03. The first-order chi connectivity index (χ1) is 8.29. The number of hydrogen-bond donors (Lipinski definition) is 0. The average molecular weight is 235 g/mol. The Morgan fingerprint density at radius 1 is 1.18 bits per heavy atom. The van der Waals surface area contributed by atoms with Gasteiger partial charge in [-0.1, -0.05) is 26.0 Å². The van der Waals surface area contributed by atoms with Crippen LogP contribution in [0.25, 0.3) is 0 Å². The van der Waals surface area contributed by atoms with Crippen LogP contribution >= 0.6 is 0 Å². The molecule has 0 radical (unpaired) electrons. The van der Waals surface area contributed by atoms with Gasteiger partial charge in [0.2, 0.25) is 0 Å². The highest BCUT2D eigenvalue weighted by Crippen LogP contribution is 2.23. The summed E-state index contributed by atoms with van der Waals surface area (Å²) in [5.74, 6) is 1.03. The second kappa shape index (κ2) is 7.33. The van der Waals surface area contributed by atoms with Crippen molar-refractivity contribution >= 4 is 0 Å². The van der Waals surface area contributed by atoms with Gasteiger partial charge < -0.3 is 4.74 Å². The lowest BCUT2D eigenvalue weighted by Crippen LogP contribution is -2.18. The molecule has 2 rings (SSSR count). The van der Waals surface area contributed by atoms with Gasteiger partial charge in [0, 0.05) is 12.1 Å². The molecule has 1 aromatic carbocycles. The summed E-state index contributed by atoms with van der Waals surface area (Å²) < 4.78 is 5.41. The molecule has 0 aliphatic carbocycles. The summed E-state index contributed by atoms with van der Waals surface area (Å²) in [5.41, 5.74) is 2.57. The van der Waals surface area contributed by atoms with Gasteiger partial charge in [-0.15, -0.1) is 0 Å². The normalized spacial score (nSPS) is 15.3. The molecule has 0 unspecified atom stereocenters. The molecule has 0 N–H and O–H groups in total. The first-order valence-electron chi connectivity index (χ1n) is 6.65. The van der Waals surface area contributed by atoms with Crippen molar-refractivity contribution in [2.75, 3.05) is 20.2 Å². The van der Waals surface area contributed by atoms with E-state index in [4.69, 9.17) is 4.74 Å². The van der Waals surface area contributed by atoms with Crippen LogP contribution in [-0.4, -0.2) is 25.1 Å². The molecule has 96 valence electrons. The summed E-state index contributed by atoms with van der Waals surface area (Å²) in [7, 11) is 1.75. The zero-order valence-electron chi connectivity index (χ0n) is 11.6. The Kier molecular flexibility index (Phi) is 6.06. The second-order valence-corrected chi connectivity index (χ2v) is 4.30. The van der Waals surface area contributed by atoms with E-state index in [1.165, 1.54) is 37.1 Å². The average Bonchev–Trinajstić information content (AvgIpc) is 2.87. The maximum atomic E-state index is 5.41. The summed E-state index contributed by atoms with van der Waals surface area (Å²) in [6.07, 6.45) is 2.68. The van der Waals surface area contributed by atoms with Crippen LogP contribution in [0, 0.1) is 6.92 Å². The Morgan fingerprint density at radius 2 is 1.82 bits per heavy atom. The van der Waals surface area contributed by atoms with E-state index in [-0.39, 0.29) is 0 Å². The van der Waals surface area contributed by atoms with Gasteiger partial charge in [0.1, 0.15) is 5.75 Å². The Labute approximate surface area is 106 Å². The van der Waals surface area contributed by atoms with Crippen LogP contribution in [0.5, 0.6) is 5.75 Å². The molecule has 1 fully saturated rings. The SMILES string of the molecule is CC.COc1cc(C)ccc1CN1CCCC1. The Hall–Kier alpha value is -1.02. The van der Waals surface area contributed by atoms with Gasteiger partial charge in [-0.25, -0.2) is 0 Å². The molecule has 2 nitrogen and oxygen atoms in total. The first kappa shape index (κ1) is 14.0. The van der Waals surface area contributed by atoms with Crippen molar-refractivity contribution < 1.29 is 4.74 Å². The maximum Gasteiger partial charge on any atom is 0.123 e. The third kappa shape index (κ3) is 4.04. The van der Waals surface area contributed by atoms with Gasteiger partial charge >= 0.3 is 0 Å². The van der Waals surface area contributed by atoms with E-state index in [0.717, 1.165) is 12.3 Å². The first-order valence-corrected chi connectivity index (χ1v) is 6.65. The largest absolute Gasteiger partial charge is 0.496 e. The number of nitrogens with zero attached hydrogens (tertiary/aromatic N) is 1. The van der Waals surface area contributed by atoms with Crippen molar-refractivity contribution in [1.29, 1.82) is 0 Å². The van der Waals surface area contributed by atoms with Crippen molar-refractivity contribution in [2.24, 2.45) is 0 Å². The van der Waals surface area contributed by atoms with E-state index in [1.807, 2.05) is 13.8 Å². The molecule has 2 heteroatoms. The molecule has 0 bridgehead atoms. The number of benzene rings is 1. The van der Waals surface area contributed by atoms with E-state index in [1.54, 1.807) is 7.11 Å². The standard InChI is InChI=1S/C13H19NO.C2H6/c1-11-5-6-12(13(9-11)15-2)10-14-7-3-4-8-14;1-2/h5-6,9H,3-4,7-8,10H2,1-2H3;1-2H3. The Balaban J connectivity index is 0.000000686. The number of methoxy groups -OCH3 is 1. The fourth-order valence-corrected chi connectivity index (χ4v) is 2.16. The summed E-state index contributed by atoms with van der Waals surface area (Å²) in [5, 5.41) is 0. The van der Waals surface area contributed by atoms with Crippen LogP contribution in [0.2, 0.25) is 0 Å². The molecular weight excluding hydrogens is 210 g/mol. The van der Waals surface area contributed by atoms with Crippen molar-refractivity contribution in [3.05, 3.63) is 29.3 Å². The third-order valence-corrected chi connectivity index (χ3v) is 3.04. The van der Waals surface area contributed by atoms with E-state index in [9.17, 15) is 0 Å². The predicted octanol–water partition coefficient (Wildman–Crippen LogP) is 3.63. The zero-order chi connectivity index (χ0) is 12.7. The lowest BCUT2D eigenvalue weighted by molar-refractivity contribution is 0.321. The molecule has 0 spiro atoms. The van der Waals surface area contributed by atoms with Crippen molar-refractivity contribution in [3.8, 4) is 5.75 Å². The Bertz CT molecular complexity index is 330. The zero-order valence-corrected chi connectivity index (χ0v) is 11.6. The third-order valence-electron chi connectivity index (χ3n) is 3.04. The van der Waals surface area contributed by atoms with Crippen molar-refractivity contribution in [3.63, 3.8) is 0 Å². The number of likely N-dealkylation sites (tertiary alicyclic amines) is 1. The molecule has 0 atom stereocenters. The van der Waals surface area contributed by atoms with Crippen LogP contribution in [-0.2, 0) is 6.54 Å². The van der Waals surface area contributed by atoms with E-state index >= 15 is 0 Å². The highest BCUT2D eigenvalue weighted by molar-refractivity contribution is 5.37. The maximum absolute atomic E-state index is 5.41. The molecule has 1 saturated heterocycles. The van der Waals surface area contributed by atoms with Gasteiger partial charge in [0.25, 0.3) is 0 Å². The van der Waals surface area contributed by atoms with E-state index in [0.29, 0.717) is 0 Å². The van der Waals surface area contributed by atoms with Crippen LogP contribution in [0.15, 0.2) is 18.2 Å². The molecule has 1 aliphatic heterocycles. The molecule has 0 saturated carbocycles. The Morgan fingerprint density at radius 3 is 2.41 bits per heavy atom. The molecule has 0 amide bonds. The van der Waals surface area contributed by atoms with Crippen LogP contribution in [0.1, 0.15) is 37.8 Å². The van der Waals surface area contributed by atoms with Gasteiger partial charge in [-0.2, -0.15) is 0 Å². The lowest BCUT2D eigenvalue weighted by Gasteiger charge is -2.17. The van der Waals surface area contributed by atoms with E-state index < -0.39 is 0 Å². The van der Waals surface area contributed by atoms with Crippen molar-refractivity contribution in [2.45, 2.75) is 40.2 Å². The number of hydrogen-bond acceptors (Lipinski definition) is 2. The fraction of sp³-hybridized carbons (Fsp3) is 0.600. The minimum Gasteiger partial charge on any atom is -0.496 e. The van der Waals surface area contributed by atoms with Crippen molar-refractivity contribution in [1.82, 2.24) is 4.90 Å². The summed E-state index contributed by atoms with van der Waals surface area (Å²) >= 11 is 0. The summed E-state index contributed by atoms with van der Waals surface area (Å²) in [6, 6.07) is 6.46. The highest BCUT2D eigenvalue weighted by Gasteiger charge is 2.13. The van der Waals surface area contributed by atoms with Gasteiger partial charge in [0.15, 0.2) is 0 Å². The molecule has 1 aromatic rings. The van der Waals surface area contributed by atoms with Gasteiger partial charge in [-0.3, -0.25) is 4.90 Å². The van der Waals surface area contributed by atoms with Gasteiger partial charge in [0.05, 0.1) is 7.11 Å². The minimum absolute atomic E-state index is 1.03. The molecule has 0 aromatic heterocycles. The molecule has 17 heavy (non-hydrogen) atoms. The van der Waals surface area contributed by atoms with E-state index in [2.05, 4.69) is 30.0 Å². The lowest BCUT2D eigenvalue weighted by atomic mass is 10.1. The predicted molar refractivity (Wildman–Crippen MR) is 73.6 cm³/mol. The quantitative estimate of drug-likeness (QED) is 0.793. The monoisotopic (exact) mass is 235 g/mol. The number of rotatable bonds is 3. The summed E-state index contributed by atoms with van der Waals surface area (Å²) in [4.78, 5) is 2.49. The van der Waals surface area contributed by atoms with Crippen LogP contribution in [0.3, 0.4) is 0 Å². The number of aryl methyl sites for hydroxylation is 1. The van der Waals surface area contributed by atoms with Crippen LogP contribution < -0.4 is 4.74 Å². The van der Waals surface area contributed by atoms with Crippen LogP contribution in [0.4, 0.5) is 0 Å². The topological polar surface area (TPSA) is 12.5 Å². The van der Waals surface area contributed by atoms with Gasteiger partial charge in [-0.05, 0) is 44.5 Å².